The number of nitrogens with zero attached hydrogens (tertiary/aromatic N) is 1. The Hall–Kier alpha value is -2.31. The molecule has 0 saturated carbocycles. The van der Waals surface area contributed by atoms with E-state index in [1.54, 1.807) is 4.90 Å². The van der Waals surface area contributed by atoms with Crippen molar-refractivity contribution in [1.29, 1.82) is 0 Å². The van der Waals surface area contributed by atoms with Gasteiger partial charge in [0.2, 0.25) is 6.79 Å². The summed E-state index contributed by atoms with van der Waals surface area (Å²) in [4.78, 5) is 15.1. The second kappa shape index (κ2) is 6.20. The lowest BCUT2D eigenvalue weighted by Crippen LogP contribution is -2.28. The molecule has 1 saturated heterocycles. The van der Waals surface area contributed by atoms with Crippen molar-refractivity contribution in [2.45, 2.75) is 13.8 Å². The summed E-state index contributed by atoms with van der Waals surface area (Å²) in [7, 11) is 0. The number of thiocarbonyl (C=S) groups is 1. The van der Waals surface area contributed by atoms with Gasteiger partial charge in [-0.3, -0.25) is 9.69 Å². The summed E-state index contributed by atoms with van der Waals surface area (Å²) >= 11 is 6.76. The number of amides is 1. The predicted molar refractivity (Wildman–Crippen MR) is 104 cm³/mol. The number of aryl methyl sites for hydroxylation is 2. The molecule has 2 aromatic rings. The number of anilines is 1. The second-order valence-electron chi connectivity index (χ2n) is 5.92. The fraction of sp³-hybridized carbons (Fsp3) is 0.158. The molecule has 0 aromatic heterocycles. The lowest BCUT2D eigenvalue weighted by Gasteiger charge is -2.17. The van der Waals surface area contributed by atoms with Crippen LogP contribution in [0.4, 0.5) is 5.69 Å². The highest BCUT2D eigenvalue weighted by Crippen LogP contribution is 2.39. The first-order chi connectivity index (χ1) is 12.0. The molecule has 25 heavy (non-hydrogen) atoms. The van der Waals surface area contributed by atoms with Crippen molar-refractivity contribution in [2.24, 2.45) is 0 Å². The van der Waals surface area contributed by atoms with Gasteiger partial charge in [0, 0.05) is 0 Å². The minimum absolute atomic E-state index is 0.0976. The fourth-order valence-corrected chi connectivity index (χ4v) is 4.17. The van der Waals surface area contributed by atoms with E-state index in [4.69, 9.17) is 21.7 Å². The minimum Gasteiger partial charge on any atom is -0.454 e. The SMILES string of the molecule is Cc1ccc(N2C(=O)C(=Cc3ccc4c(c3)OCO4)SC2=S)c(C)c1. The third-order valence-corrected chi connectivity index (χ3v) is 5.38. The molecule has 2 aliphatic heterocycles. The molecule has 4 rings (SSSR count). The van der Waals surface area contributed by atoms with Gasteiger partial charge in [-0.1, -0.05) is 47.7 Å². The molecule has 0 unspecified atom stereocenters. The van der Waals surface area contributed by atoms with Gasteiger partial charge in [0.15, 0.2) is 15.8 Å². The van der Waals surface area contributed by atoms with Gasteiger partial charge >= 0.3 is 0 Å². The molecule has 0 atom stereocenters. The summed E-state index contributed by atoms with van der Waals surface area (Å²) in [5.41, 5.74) is 3.90. The molecule has 0 N–H and O–H groups in total. The zero-order valence-corrected chi connectivity index (χ0v) is 15.4. The van der Waals surface area contributed by atoms with E-state index >= 15 is 0 Å². The summed E-state index contributed by atoms with van der Waals surface area (Å²) in [5.74, 6) is 1.32. The molecular weight excluding hydrogens is 354 g/mol. The first-order valence-corrected chi connectivity index (χ1v) is 9.00. The molecule has 1 fully saturated rings. The highest BCUT2D eigenvalue weighted by Gasteiger charge is 2.34. The van der Waals surface area contributed by atoms with Crippen molar-refractivity contribution in [3.8, 4) is 11.5 Å². The molecule has 6 heteroatoms. The van der Waals surface area contributed by atoms with E-state index < -0.39 is 0 Å². The van der Waals surface area contributed by atoms with Crippen molar-refractivity contribution in [2.75, 3.05) is 11.7 Å². The molecule has 2 aromatic carbocycles. The highest BCUT2D eigenvalue weighted by molar-refractivity contribution is 8.27. The number of hydrogen-bond donors (Lipinski definition) is 0. The lowest BCUT2D eigenvalue weighted by atomic mass is 10.1. The number of carbonyl (C=O) groups excluding carboxylic acids is 1. The van der Waals surface area contributed by atoms with Crippen LogP contribution >= 0.6 is 24.0 Å². The van der Waals surface area contributed by atoms with Crippen molar-refractivity contribution in [3.05, 3.63) is 58.0 Å². The second-order valence-corrected chi connectivity index (χ2v) is 7.60. The zero-order chi connectivity index (χ0) is 17.6. The molecule has 2 aliphatic rings. The quantitative estimate of drug-likeness (QED) is 0.578. The minimum atomic E-state index is -0.0976. The van der Waals surface area contributed by atoms with E-state index in [1.807, 2.05) is 50.3 Å². The fourth-order valence-electron chi connectivity index (χ4n) is 2.89. The molecule has 1 amide bonds. The molecule has 4 nitrogen and oxygen atoms in total. The molecule has 126 valence electrons. The summed E-state index contributed by atoms with van der Waals surface area (Å²) < 4.78 is 11.3. The van der Waals surface area contributed by atoms with Crippen molar-refractivity contribution in [3.63, 3.8) is 0 Å². The van der Waals surface area contributed by atoms with Gasteiger partial charge in [0.05, 0.1) is 10.6 Å². The van der Waals surface area contributed by atoms with Crippen LogP contribution in [0.1, 0.15) is 16.7 Å². The molecule has 0 aliphatic carbocycles. The third-order valence-electron chi connectivity index (χ3n) is 4.08. The predicted octanol–water partition coefficient (Wildman–Crippen LogP) is 4.44. The average Bonchev–Trinajstić information content (AvgIpc) is 3.13. The summed E-state index contributed by atoms with van der Waals surface area (Å²) in [6.45, 7) is 4.25. The van der Waals surface area contributed by atoms with Crippen molar-refractivity contribution < 1.29 is 14.3 Å². The van der Waals surface area contributed by atoms with Gasteiger partial charge in [0.25, 0.3) is 5.91 Å². The Labute approximate surface area is 155 Å². The van der Waals surface area contributed by atoms with E-state index in [0.29, 0.717) is 15.0 Å². The summed E-state index contributed by atoms with van der Waals surface area (Å²) in [6.07, 6.45) is 1.84. The average molecular weight is 369 g/mol. The maximum atomic E-state index is 12.9. The van der Waals surface area contributed by atoms with Crippen LogP contribution in [-0.4, -0.2) is 17.0 Å². The number of carbonyl (C=O) groups is 1. The van der Waals surface area contributed by atoms with Crippen LogP contribution in [0.25, 0.3) is 6.08 Å². The van der Waals surface area contributed by atoms with E-state index in [2.05, 4.69) is 6.07 Å². The van der Waals surface area contributed by atoms with Gasteiger partial charge < -0.3 is 9.47 Å². The van der Waals surface area contributed by atoms with Crippen LogP contribution in [0.2, 0.25) is 0 Å². The first-order valence-electron chi connectivity index (χ1n) is 7.78. The largest absolute Gasteiger partial charge is 0.454 e. The maximum absolute atomic E-state index is 12.9. The van der Waals surface area contributed by atoms with Gasteiger partial charge in [0.1, 0.15) is 0 Å². The molecular formula is C19H15NO3S2. The van der Waals surface area contributed by atoms with Gasteiger partial charge in [-0.15, -0.1) is 0 Å². The first kappa shape index (κ1) is 16.2. The van der Waals surface area contributed by atoms with Crippen LogP contribution in [0.15, 0.2) is 41.3 Å². The van der Waals surface area contributed by atoms with Crippen molar-refractivity contribution in [1.82, 2.24) is 0 Å². The Morgan fingerprint density at radius 3 is 2.72 bits per heavy atom. The number of hydrogen-bond acceptors (Lipinski definition) is 5. The van der Waals surface area contributed by atoms with Crippen LogP contribution in [0.3, 0.4) is 0 Å². The van der Waals surface area contributed by atoms with E-state index in [1.165, 1.54) is 11.8 Å². The Balaban J connectivity index is 1.67. The van der Waals surface area contributed by atoms with Gasteiger partial charge in [-0.05, 0) is 49.2 Å². The zero-order valence-electron chi connectivity index (χ0n) is 13.7. The normalized spacial score (nSPS) is 17.7. The van der Waals surface area contributed by atoms with Crippen molar-refractivity contribution >= 4 is 46.0 Å². The van der Waals surface area contributed by atoms with Crippen LogP contribution in [-0.2, 0) is 4.79 Å². The van der Waals surface area contributed by atoms with Crippen LogP contribution < -0.4 is 14.4 Å². The molecule has 0 spiro atoms. The molecule has 2 heterocycles. The molecule has 0 radical (unpaired) electrons. The molecule has 0 bridgehead atoms. The van der Waals surface area contributed by atoms with Crippen LogP contribution in [0.5, 0.6) is 11.5 Å². The number of fused-ring (bicyclic) bond motifs is 1. The summed E-state index contributed by atoms with van der Waals surface area (Å²) in [5, 5.41) is 0. The Kier molecular flexibility index (Phi) is 4.01. The Bertz CT molecular complexity index is 936. The smallest absolute Gasteiger partial charge is 0.270 e. The number of rotatable bonds is 2. The maximum Gasteiger partial charge on any atom is 0.270 e. The van der Waals surface area contributed by atoms with E-state index in [0.717, 1.165) is 28.1 Å². The van der Waals surface area contributed by atoms with Crippen LogP contribution in [0, 0.1) is 13.8 Å². The Morgan fingerprint density at radius 2 is 1.92 bits per heavy atom. The monoisotopic (exact) mass is 369 g/mol. The van der Waals surface area contributed by atoms with Gasteiger partial charge in [-0.2, -0.15) is 0 Å². The lowest BCUT2D eigenvalue weighted by molar-refractivity contribution is -0.113. The van der Waals surface area contributed by atoms with Gasteiger partial charge in [-0.25, -0.2) is 0 Å². The number of ether oxygens (including phenoxy) is 2. The highest BCUT2D eigenvalue weighted by atomic mass is 32.2. The summed E-state index contributed by atoms with van der Waals surface area (Å²) in [6, 6.07) is 11.6. The standard InChI is InChI=1S/C19H15NO3S2/c1-11-3-5-14(12(2)7-11)20-18(21)17(25-19(20)24)9-13-4-6-15-16(8-13)23-10-22-15/h3-9H,10H2,1-2H3. The van der Waals surface area contributed by atoms with E-state index in [9.17, 15) is 4.79 Å². The topological polar surface area (TPSA) is 38.8 Å². The number of benzene rings is 2. The Morgan fingerprint density at radius 1 is 1.12 bits per heavy atom. The third kappa shape index (κ3) is 2.92. The number of thioether (sulfide) groups is 1. The van der Waals surface area contributed by atoms with E-state index in [-0.39, 0.29) is 12.7 Å².